The molecular weight excluding hydrogens is 398 g/mol. The van der Waals surface area contributed by atoms with Crippen molar-refractivity contribution >= 4 is 11.7 Å². The van der Waals surface area contributed by atoms with Crippen molar-refractivity contribution in [3.8, 4) is 0 Å². The number of carbonyl (C=O) groups excluding carboxylic acids is 1. The third-order valence-electron chi connectivity index (χ3n) is 5.59. The molecule has 2 aromatic carbocycles. The first kappa shape index (κ1) is 22.1. The zero-order valence-electron chi connectivity index (χ0n) is 16.9. The largest absolute Gasteiger partial charge is 0.419 e. The topological polar surface area (TPSA) is 35.6 Å². The van der Waals surface area contributed by atoms with Crippen molar-refractivity contribution in [3.63, 3.8) is 0 Å². The van der Waals surface area contributed by atoms with Gasteiger partial charge >= 0.3 is 12.2 Å². The second kappa shape index (κ2) is 9.04. The predicted octanol–water partition coefficient (Wildman–Crippen LogP) is 5.53. The Hall–Kier alpha value is -2.61. The van der Waals surface area contributed by atoms with Crippen molar-refractivity contribution in [3.05, 3.63) is 65.5 Å². The van der Waals surface area contributed by atoms with Gasteiger partial charge in [-0.2, -0.15) is 13.2 Å². The molecule has 0 bridgehead atoms. The number of urea groups is 1. The van der Waals surface area contributed by atoms with E-state index >= 15 is 0 Å². The molecule has 3 rings (SSSR count). The number of halogens is 4. The van der Waals surface area contributed by atoms with Gasteiger partial charge in [0.25, 0.3) is 0 Å². The summed E-state index contributed by atoms with van der Waals surface area (Å²) in [5.41, 5.74) is -0.289. The zero-order chi connectivity index (χ0) is 21.9. The number of alkyl halides is 3. The molecular formula is C22H25F4N3O. The highest BCUT2D eigenvalue weighted by Gasteiger charge is 2.35. The first-order valence-corrected chi connectivity index (χ1v) is 9.94. The minimum atomic E-state index is -4.82. The Balaban J connectivity index is 1.67. The number of benzene rings is 2. The van der Waals surface area contributed by atoms with E-state index in [2.05, 4.69) is 29.3 Å². The maximum atomic E-state index is 13.5. The van der Waals surface area contributed by atoms with Gasteiger partial charge in [0, 0.05) is 37.4 Å². The average molecular weight is 423 g/mol. The molecule has 1 aliphatic heterocycles. The van der Waals surface area contributed by atoms with E-state index in [4.69, 9.17) is 0 Å². The standard InChI is InChI=1S/C22H25F4N3O/c1-3-29(18-11-12-28(14-18)15(2)16-7-5-4-6-8-16)21(30)27-17-9-10-20(23)19(13-17)22(24,25)26/h4-10,13,15,18H,3,11-12,14H2,1-2H3,(H,27,30). The number of hydrogen-bond acceptors (Lipinski definition) is 2. The van der Waals surface area contributed by atoms with E-state index in [1.165, 1.54) is 5.56 Å². The normalized spacial score (nSPS) is 18.3. The maximum absolute atomic E-state index is 13.5. The van der Waals surface area contributed by atoms with Crippen LogP contribution in [0.3, 0.4) is 0 Å². The molecule has 2 amide bonds. The summed E-state index contributed by atoms with van der Waals surface area (Å²) in [5.74, 6) is -1.37. The highest BCUT2D eigenvalue weighted by atomic mass is 19.4. The van der Waals surface area contributed by atoms with Crippen LogP contribution < -0.4 is 5.32 Å². The second-order valence-electron chi connectivity index (χ2n) is 7.43. The van der Waals surface area contributed by atoms with Crippen molar-refractivity contribution in [2.24, 2.45) is 0 Å². The third-order valence-corrected chi connectivity index (χ3v) is 5.59. The first-order chi connectivity index (χ1) is 14.2. The fraction of sp³-hybridized carbons (Fsp3) is 0.409. The number of carbonyl (C=O) groups is 1. The van der Waals surface area contributed by atoms with Crippen LogP contribution in [-0.2, 0) is 6.18 Å². The van der Waals surface area contributed by atoms with E-state index in [1.807, 2.05) is 25.1 Å². The molecule has 0 aliphatic carbocycles. The number of likely N-dealkylation sites (tertiary alicyclic amines) is 1. The molecule has 1 heterocycles. The van der Waals surface area contributed by atoms with Gasteiger partial charge in [-0.1, -0.05) is 30.3 Å². The lowest BCUT2D eigenvalue weighted by Crippen LogP contribution is -2.44. The van der Waals surface area contributed by atoms with Crippen molar-refractivity contribution in [2.45, 2.75) is 38.5 Å². The summed E-state index contributed by atoms with van der Waals surface area (Å²) in [6.45, 7) is 5.85. The van der Waals surface area contributed by atoms with Gasteiger partial charge in [0.1, 0.15) is 5.82 Å². The van der Waals surface area contributed by atoms with E-state index in [0.717, 1.165) is 19.0 Å². The number of hydrogen-bond donors (Lipinski definition) is 1. The molecule has 162 valence electrons. The molecule has 30 heavy (non-hydrogen) atoms. The fourth-order valence-electron chi connectivity index (χ4n) is 3.90. The number of amides is 2. The maximum Gasteiger partial charge on any atom is 0.419 e. The van der Waals surface area contributed by atoms with Crippen molar-refractivity contribution in [1.29, 1.82) is 0 Å². The van der Waals surface area contributed by atoms with Crippen LogP contribution in [0.4, 0.5) is 28.0 Å². The first-order valence-electron chi connectivity index (χ1n) is 9.94. The van der Waals surface area contributed by atoms with Gasteiger partial charge in [-0.05, 0) is 44.0 Å². The van der Waals surface area contributed by atoms with Gasteiger partial charge in [-0.3, -0.25) is 4.90 Å². The van der Waals surface area contributed by atoms with Crippen molar-refractivity contribution < 1.29 is 22.4 Å². The molecule has 0 spiro atoms. The van der Waals surface area contributed by atoms with Gasteiger partial charge in [-0.15, -0.1) is 0 Å². The van der Waals surface area contributed by atoms with Crippen molar-refractivity contribution in [1.82, 2.24) is 9.80 Å². The lowest BCUT2D eigenvalue weighted by molar-refractivity contribution is -0.139. The molecule has 0 radical (unpaired) electrons. The van der Waals surface area contributed by atoms with Crippen LogP contribution in [0.1, 0.15) is 37.4 Å². The summed E-state index contributed by atoms with van der Waals surface area (Å²) in [7, 11) is 0. The molecule has 8 heteroatoms. The van der Waals surface area contributed by atoms with E-state index in [-0.39, 0.29) is 17.8 Å². The minimum absolute atomic E-state index is 0.0521. The van der Waals surface area contributed by atoms with E-state index in [0.29, 0.717) is 25.2 Å². The Morgan fingerprint density at radius 1 is 1.23 bits per heavy atom. The Bertz CT molecular complexity index is 872. The minimum Gasteiger partial charge on any atom is -0.320 e. The van der Waals surface area contributed by atoms with E-state index in [1.54, 1.807) is 4.90 Å². The van der Waals surface area contributed by atoms with Crippen LogP contribution in [0, 0.1) is 5.82 Å². The lowest BCUT2D eigenvalue weighted by atomic mass is 10.1. The van der Waals surface area contributed by atoms with Gasteiger partial charge < -0.3 is 10.2 Å². The average Bonchev–Trinajstić information content (AvgIpc) is 3.19. The van der Waals surface area contributed by atoms with Crippen molar-refractivity contribution in [2.75, 3.05) is 25.0 Å². The summed E-state index contributed by atoms with van der Waals surface area (Å²) < 4.78 is 52.3. The summed E-state index contributed by atoms with van der Waals surface area (Å²) in [6, 6.07) is 12.2. The van der Waals surface area contributed by atoms with Gasteiger partial charge in [-0.25, -0.2) is 9.18 Å². The molecule has 1 saturated heterocycles. The fourth-order valence-corrected chi connectivity index (χ4v) is 3.90. The lowest BCUT2D eigenvalue weighted by Gasteiger charge is -2.30. The number of rotatable bonds is 5. The van der Waals surface area contributed by atoms with Crippen LogP contribution in [-0.4, -0.2) is 41.5 Å². The van der Waals surface area contributed by atoms with Crippen LogP contribution in [0.2, 0.25) is 0 Å². The predicted molar refractivity (Wildman–Crippen MR) is 108 cm³/mol. The molecule has 2 unspecified atom stereocenters. The number of likely N-dealkylation sites (N-methyl/N-ethyl adjacent to an activating group) is 1. The molecule has 1 aliphatic rings. The smallest absolute Gasteiger partial charge is 0.320 e. The summed E-state index contributed by atoms with van der Waals surface area (Å²) in [6.07, 6.45) is -4.05. The Kier molecular flexibility index (Phi) is 6.65. The molecule has 2 atom stereocenters. The Morgan fingerprint density at radius 2 is 1.93 bits per heavy atom. The summed E-state index contributed by atoms with van der Waals surface area (Å²) >= 11 is 0. The highest BCUT2D eigenvalue weighted by Crippen LogP contribution is 2.33. The molecule has 1 N–H and O–H groups in total. The summed E-state index contributed by atoms with van der Waals surface area (Å²) in [4.78, 5) is 16.7. The number of nitrogens with zero attached hydrogens (tertiary/aromatic N) is 2. The van der Waals surface area contributed by atoms with Gasteiger partial charge in [0.2, 0.25) is 0 Å². The highest BCUT2D eigenvalue weighted by molar-refractivity contribution is 5.89. The monoisotopic (exact) mass is 423 g/mol. The number of nitrogens with one attached hydrogen (secondary N) is 1. The van der Waals surface area contributed by atoms with E-state index < -0.39 is 23.6 Å². The molecule has 2 aromatic rings. The zero-order valence-corrected chi connectivity index (χ0v) is 16.9. The van der Waals surface area contributed by atoms with Crippen LogP contribution >= 0.6 is 0 Å². The summed E-state index contributed by atoms with van der Waals surface area (Å²) in [5, 5.41) is 2.49. The second-order valence-corrected chi connectivity index (χ2v) is 7.43. The third kappa shape index (κ3) is 4.92. The van der Waals surface area contributed by atoms with Gasteiger partial charge in [0.15, 0.2) is 0 Å². The molecule has 0 aromatic heterocycles. The molecule has 1 fully saturated rings. The van der Waals surface area contributed by atoms with E-state index in [9.17, 15) is 22.4 Å². The SMILES string of the molecule is CCN(C(=O)Nc1ccc(F)c(C(F)(F)F)c1)C1CCN(C(C)c2ccccc2)C1. The quantitative estimate of drug-likeness (QED) is 0.642. The Morgan fingerprint density at radius 3 is 2.57 bits per heavy atom. The van der Waals surface area contributed by atoms with Crippen LogP contribution in [0.25, 0.3) is 0 Å². The Labute approximate surface area is 173 Å². The van der Waals surface area contributed by atoms with Crippen LogP contribution in [0.5, 0.6) is 0 Å². The number of anilines is 1. The molecule has 4 nitrogen and oxygen atoms in total. The van der Waals surface area contributed by atoms with Crippen LogP contribution in [0.15, 0.2) is 48.5 Å². The van der Waals surface area contributed by atoms with Gasteiger partial charge in [0.05, 0.1) is 5.56 Å². The molecule has 0 saturated carbocycles.